The van der Waals surface area contributed by atoms with Gasteiger partial charge in [-0.25, -0.2) is 4.98 Å². The molecule has 2 aliphatic rings. The Hall–Kier alpha value is -5.28. The van der Waals surface area contributed by atoms with Crippen LogP contribution in [0.25, 0.3) is 33.7 Å². The van der Waals surface area contributed by atoms with E-state index in [0.717, 1.165) is 33.4 Å². The number of carbonyl (C=O) groups is 2. The molecule has 0 aliphatic heterocycles. The molecule has 186 valence electrons. The molecule has 0 bridgehead atoms. The quantitative estimate of drug-likeness (QED) is 0.207. The topological polar surface area (TPSA) is 80.7 Å². The largest absolute Gasteiger partial charge is 0.329 e. The number of fused-ring (bicyclic) bond motifs is 3. The number of hydrogen-bond acceptors (Lipinski definition) is 4. The number of aryl methyl sites for hydroxylation is 1. The van der Waals surface area contributed by atoms with Gasteiger partial charge in [-0.3, -0.25) is 14.2 Å². The highest BCUT2D eigenvalue weighted by atomic mass is 16.2. The van der Waals surface area contributed by atoms with Crippen molar-refractivity contribution in [3.8, 4) is 11.8 Å². The van der Waals surface area contributed by atoms with E-state index >= 15 is 0 Å². The third kappa shape index (κ3) is 3.52. The third-order valence-corrected chi connectivity index (χ3v) is 7.64. The van der Waals surface area contributed by atoms with Crippen LogP contribution < -0.4 is 0 Å². The van der Waals surface area contributed by atoms with Crippen molar-refractivity contribution in [1.29, 1.82) is 5.26 Å². The Morgan fingerprint density at radius 3 is 2.23 bits per heavy atom. The summed E-state index contributed by atoms with van der Waals surface area (Å²) in [6, 6.07) is 25.4. The van der Waals surface area contributed by atoms with Crippen LogP contribution in [0.4, 0.5) is 0 Å². The summed E-state index contributed by atoms with van der Waals surface area (Å²) in [5, 5.41) is 11.1. The highest BCUT2D eigenvalue weighted by Gasteiger charge is 2.34. The summed E-state index contributed by atoms with van der Waals surface area (Å²) < 4.78 is 4.05. The molecule has 3 aromatic carbocycles. The molecule has 39 heavy (non-hydrogen) atoms. The highest BCUT2D eigenvalue weighted by Crippen LogP contribution is 2.35. The first-order chi connectivity index (χ1) is 19.0. The van der Waals surface area contributed by atoms with Gasteiger partial charge >= 0.3 is 0 Å². The Kier molecular flexibility index (Phi) is 5.07. The number of benzene rings is 3. The molecule has 6 heteroatoms. The molecule has 5 aromatic rings. The normalized spacial score (nSPS) is 16.6. The zero-order valence-corrected chi connectivity index (χ0v) is 21.1. The highest BCUT2D eigenvalue weighted by molar-refractivity contribution is 6.42. The molecule has 2 aromatic heterocycles. The summed E-state index contributed by atoms with van der Waals surface area (Å²) in [5.74, 6) is 0.422. The van der Waals surface area contributed by atoms with Gasteiger partial charge in [-0.1, -0.05) is 54.6 Å². The second-order valence-electron chi connectivity index (χ2n) is 9.91. The standard InChI is InChI=1S/C33H22N4O2/c1-36-29-18-25(17-28-30(38)26-15-22-7-5-6-8-23(22)16-27(26)31(28)39)37(24-9-3-2-4-10-24)33(29)35-32(36)21-13-11-20(19-34)12-14-21/h2-13,15-18,21H,14H2,1H3. The van der Waals surface area contributed by atoms with Gasteiger partial charge < -0.3 is 4.57 Å². The number of allylic oxidation sites excluding steroid dienone is 5. The minimum atomic E-state index is -0.258. The van der Waals surface area contributed by atoms with Crippen molar-refractivity contribution in [1.82, 2.24) is 14.1 Å². The zero-order chi connectivity index (χ0) is 26.7. The SMILES string of the molecule is Cn1c(C2C=CC(C#N)=CC2)nc2c1cc(C=C1C(=O)c3cc4ccccc4cc3C1=O)n2-c1ccccc1. The monoisotopic (exact) mass is 506 g/mol. The molecule has 6 nitrogen and oxygen atoms in total. The summed E-state index contributed by atoms with van der Waals surface area (Å²) in [6.45, 7) is 0. The van der Waals surface area contributed by atoms with Crippen LogP contribution in [-0.4, -0.2) is 25.7 Å². The van der Waals surface area contributed by atoms with E-state index in [2.05, 4.69) is 10.6 Å². The van der Waals surface area contributed by atoms with Gasteiger partial charge in [0.1, 0.15) is 5.82 Å². The van der Waals surface area contributed by atoms with Crippen LogP contribution >= 0.6 is 0 Å². The summed E-state index contributed by atoms with van der Waals surface area (Å²) in [6.07, 6.45) is 8.19. The number of nitrogens with zero attached hydrogens (tertiary/aromatic N) is 4. The fourth-order valence-corrected chi connectivity index (χ4v) is 5.64. The second-order valence-corrected chi connectivity index (χ2v) is 9.91. The average molecular weight is 507 g/mol. The lowest BCUT2D eigenvalue weighted by Gasteiger charge is -2.14. The lowest BCUT2D eigenvalue weighted by Crippen LogP contribution is -2.07. The zero-order valence-electron chi connectivity index (χ0n) is 21.1. The number of para-hydroxylation sites is 1. The van der Waals surface area contributed by atoms with Gasteiger partial charge in [-0.2, -0.15) is 5.26 Å². The van der Waals surface area contributed by atoms with E-state index in [1.807, 2.05) is 103 Å². The molecule has 0 radical (unpaired) electrons. The van der Waals surface area contributed by atoms with Gasteiger partial charge in [0.2, 0.25) is 0 Å². The average Bonchev–Trinajstić information content (AvgIpc) is 3.57. The van der Waals surface area contributed by atoms with E-state index < -0.39 is 0 Å². The molecule has 2 heterocycles. The number of rotatable bonds is 3. The van der Waals surface area contributed by atoms with E-state index in [-0.39, 0.29) is 23.1 Å². The molecule has 7 rings (SSSR count). The summed E-state index contributed by atoms with van der Waals surface area (Å²) in [4.78, 5) is 32.0. The number of Topliss-reactive ketones (excluding diaryl/α,β-unsaturated/α-hetero) is 2. The predicted octanol–water partition coefficient (Wildman–Crippen LogP) is 6.47. The number of carbonyl (C=O) groups excluding carboxylic acids is 2. The first-order valence-electron chi connectivity index (χ1n) is 12.8. The maximum absolute atomic E-state index is 13.5. The van der Waals surface area contributed by atoms with E-state index in [1.54, 1.807) is 6.08 Å². The first kappa shape index (κ1) is 22.9. The van der Waals surface area contributed by atoms with Crippen LogP contribution in [0.1, 0.15) is 44.6 Å². The molecular formula is C33H22N4O2. The van der Waals surface area contributed by atoms with Crippen molar-refractivity contribution in [3.05, 3.63) is 125 Å². The Morgan fingerprint density at radius 1 is 0.949 bits per heavy atom. The number of ketones is 2. The smallest absolute Gasteiger partial charge is 0.197 e. The number of aromatic nitrogens is 3. The molecule has 1 atom stereocenters. The summed E-state index contributed by atoms with van der Waals surface area (Å²) >= 11 is 0. The Balaban J connectivity index is 1.38. The summed E-state index contributed by atoms with van der Waals surface area (Å²) in [7, 11) is 1.97. The van der Waals surface area contributed by atoms with Crippen molar-refractivity contribution < 1.29 is 9.59 Å². The van der Waals surface area contributed by atoms with Gasteiger partial charge in [0.25, 0.3) is 0 Å². The van der Waals surface area contributed by atoms with Crippen molar-refractivity contribution in [2.24, 2.45) is 7.05 Å². The lowest BCUT2D eigenvalue weighted by atomic mass is 9.96. The van der Waals surface area contributed by atoms with Crippen LogP contribution in [-0.2, 0) is 7.05 Å². The number of hydrogen-bond donors (Lipinski definition) is 0. The van der Waals surface area contributed by atoms with Gasteiger partial charge in [0, 0.05) is 35.4 Å². The molecule has 0 N–H and O–H groups in total. The maximum Gasteiger partial charge on any atom is 0.197 e. The molecule has 0 saturated heterocycles. The molecule has 0 amide bonds. The number of imidazole rings is 1. The lowest BCUT2D eigenvalue weighted by molar-refractivity contribution is 0.0990. The van der Waals surface area contributed by atoms with Gasteiger partial charge in [0.05, 0.1) is 22.9 Å². The predicted molar refractivity (Wildman–Crippen MR) is 151 cm³/mol. The summed E-state index contributed by atoms with van der Waals surface area (Å²) in [5.41, 5.74) is 4.94. The third-order valence-electron chi connectivity index (χ3n) is 7.64. The van der Waals surface area contributed by atoms with Crippen LogP contribution in [0.3, 0.4) is 0 Å². The molecule has 0 fully saturated rings. The van der Waals surface area contributed by atoms with Crippen molar-refractivity contribution in [2.75, 3.05) is 0 Å². The van der Waals surface area contributed by atoms with Crippen molar-refractivity contribution in [3.63, 3.8) is 0 Å². The van der Waals surface area contributed by atoms with E-state index in [4.69, 9.17) is 4.98 Å². The second kappa shape index (κ2) is 8.64. The van der Waals surface area contributed by atoms with Gasteiger partial charge in [0.15, 0.2) is 17.2 Å². The fraction of sp³-hybridized carbons (Fsp3) is 0.0909. The Morgan fingerprint density at radius 2 is 1.62 bits per heavy atom. The van der Waals surface area contributed by atoms with Crippen LogP contribution in [0.5, 0.6) is 0 Å². The van der Waals surface area contributed by atoms with Gasteiger partial charge in [-0.15, -0.1) is 0 Å². The first-order valence-corrected chi connectivity index (χ1v) is 12.8. The Bertz CT molecular complexity index is 1940. The van der Waals surface area contributed by atoms with E-state index in [0.29, 0.717) is 28.8 Å². The van der Waals surface area contributed by atoms with Crippen molar-refractivity contribution >= 4 is 39.6 Å². The number of nitriles is 1. The van der Waals surface area contributed by atoms with E-state index in [1.165, 1.54) is 0 Å². The molecule has 2 aliphatic carbocycles. The molecule has 0 saturated carbocycles. The molecule has 0 spiro atoms. The van der Waals surface area contributed by atoms with Crippen LogP contribution in [0.2, 0.25) is 0 Å². The molecular weight excluding hydrogens is 484 g/mol. The van der Waals surface area contributed by atoms with Gasteiger partial charge in [-0.05, 0) is 59.7 Å². The van der Waals surface area contributed by atoms with Crippen LogP contribution in [0.15, 0.2) is 102 Å². The Labute approximate surface area is 224 Å². The van der Waals surface area contributed by atoms with Crippen LogP contribution in [0, 0.1) is 11.3 Å². The minimum Gasteiger partial charge on any atom is -0.329 e. The van der Waals surface area contributed by atoms with Crippen molar-refractivity contribution in [2.45, 2.75) is 12.3 Å². The minimum absolute atomic E-state index is 0.0483. The van der Waals surface area contributed by atoms with E-state index in [9.17, 15) is 14.9 Å². The fourth-order valence-electron chi connectivity index (χ4n) is 5.64. The maximum atomic E-state index is 13.5. The molecule has 1 unspecified atom stereocenters.